The van der Waals surface area contributed by atoms with Gasteiger partial charge in [0.25, 0.3) is 0 Å². The summed E-state index contributed by atoms with van der Waals surface area (Å²) < 4.78 is 0. The van der Waals surface area contributed by atoms with Crippen molar-refractivity contribution in [1.82, 2.24) is 0 Å². The fourth-order valence-electron chi connectivity index (χ4n) is 1.91. The highest BCUT2D eigenvalue weighted by Crippen LogP contribution is 2.32. The van der Waals surface area contributed by atoms with Crippen molar-refractivity contribution in [2.24, 2.45) is 0 Å². The lowest BCUT2D eigenvalue weighted by molar-refractivity contribution is 0.471. The lowest BCUT2D eigenvalue weighted by Gasteiger charge is -2.23. The molecular weight excluding hydrogens is 196 g/mol. The molecule has 0 aromatic heterocycles. The van der Waals surface area contributed by atoms with E-state index in [1.165, 1.54) is 16.7 Å². The zero-order valence-corrected chi connectivity index (χ0v) is 11.0. The number of hydrogen-bond acceptors (Lipinski definition) is 1. The van der Waals surface area contributed by atoms with E-state index >= 15 is 0 Å². The fourth-order valence-corrected chi connectivity index (χ4v) is 1.91. The van der Waals surface area contributed by atoms with Gasteiger partial charge in [0.15, 0.2) is 0 Å². The molecule has 0 aliphatic carbocycles. The third-order valence-corrected chi connectivity index (χ3v) is 2.75. The average Bonchev–Trinajstić information content (AvgIpc) is 2.16. The minimum Gasteiger partial charge on any atom is -0.508 e. The van der Waals surface area contributed by atoms with Crippen molar-refractivity contribution < 1.29 is 5.11 Å². The van der Waals surface area contributed by atoms with E-state index in [2.05, 4.69) is 40.7 Å². The Kier molecular flexibility index (Phi) is 3.79. The Hall–Kier alpha value is -1.24. The second kappa shape index (κ2) is 4.73. The van der Waals surface area contributed by atoms with Crippen LogP contribution in [0.1, 0.15) is 52.2 Å². The van der Waals surface area contributed by atoms with Gasteiger partial charge in [-0.3, -0.25) is 0 Å². The molecule has 1 aromatic carbocycles. The molecule has 0 aliphatic rings. The first-order chi connectivity index (χ1) is 7.36. The smallest absolute Gasteiger partial charge is 0.115 e. The van der Waals surface area contributed by atoms with Crippen LogP contribution in [0.5, 0.6) is 5.75 Å². The molecule has 0 atom stereocenters. The van der Waals surface area contributed by atoms with E-state index in [-0.39, 0.29) is 5.41 Å². The lowest BCUT2D eigenvalue weighted by atomic mass is 9.81. The number of phenols is 1. The van der Waals surface area contributed by atoms with E-state index in [9.17, 15) is 5.11 Å². The van der Waals surface area contributed by atoms with Crippen LogP contribution in [0, 0.1) is 0 Å². The first-order valence-corrected chi connectivity index (χ1v) is 5.87. The number of allylic oxidation sites excluding steroid dienone is 2. The summed E-state index contributed by atoms with van der Waals surface area (Å²) in [4.78, 5) is 0. The molecule has 1 N–H and O–H groups in total. The molecule has 0 fully saturated rings. The molecular formula is C15H22O. The van der Waals surface area contributed by atoms with Gasteiger partial charge in [-0.25, -0.2) is 0 Å². The van der Waals surface area contributed by atoms with Crippen LogP contribution in [0.15, 0.2) is 24.3 Å². The van der Waals surface area contributed by atoms with Gasteiger partial charge >= 0.3 is 0 Å². The Morgan fingerprint density at radius 2 is 1.94 bits per heavy atom. The summed E-state index contributed by atoms with van der Waals surface area (Å²) in [7, 11) is 0. The molecule has 88 valence electrons. The van der Waals surface area contributed by atoms with Crippen LogP contribution in [0.2, 0.25) is 0 Å². The van der Waals surface area contributed by atoms with E-state index in [1.807, 2.05) is 12.1 Å². The average molecular weight is 218 g/mol. The summed E-state index contributed by atoms with van der Waals surface area (Å²) in [6, 6.07) is 5.65. The maximum Gasteiger partial charge on any atom is 0.115 e. The Morgan fingerprint density at radius 1 is 1.31 bits per heavy atom. The van der Waals surface area contributed by atoms with Crippen LogP contribution in [-0.4, -0.2) is 5.11 Å². The van der Waals surface area contributed by atoms with Crippen molar-refractivity contribution in [3.63, 3.8) is 0 Å². The Labute approximate surface area is 98.8 Å². The van der Waals surface area contributed by atoms with E-state index in [0.29, 0.717) is 5.75 Å². The van der Waals surface area contributed by atoms with Gasteiger partial charge in [0.1, 0.15) is 5.75 Å². The van der Waals surface area contributed by atoms with Crippen LogP contribution in [0.4, 0.5) is 0 Å². The minimum absolute atomic E-state index is 0.0525. The standard InChI is InChI=1S/C15H22O/c1-6-7-11(2)13-9-8-12(16)10-14(13)15(3,4)5/h7-10,16H,6H2,1-5H3. The van der Waals surface area contributed by atoms with Crippen LogP contribution in [0.25, 0.3) is 5.57 Å². The van der Waals surface area contributed by atoms with Gasteiger partial charge in [0.05, 0.1) is 0 Å². The summed E-state index contributed by atoms with van der Waals surface area (Å²) in [6.07, 6.45) is 3.26. The third-order valence-electron chi connectivity index (χ3n) is 2.75. The second-order valence-corrected chi connectivity index (χ2v) is 5.28. The maximum absolute atomic E-state index is 9.59. The first-order valence-electron chi connectivity index (χ1n) is 5.87. The third kappa shape index (κ3) is 2.88. The molecule has 0 spiro atoms. The van der Waals surface area contributed by atoms with Crippen molar-refractivity contribution in [2.75, 3.05) is 0 Å². The Morgan fingerprint density at radius 3 is 2.44 bits per heavy atom. The molecule has 1 rings (SSSR count). The van der Waals surface area contributed by atoms with E-state index < -0.39 is 0 Å². The van der Waals surface area contributed by atoms with Crippen molar-refractivity contribution in [2.45, 2.75) is 46.5 Å². The number of rotatable bonds is 2. The van der Waals surface area contributed by atoms with Gasteiger partial charge < -0.3 is 5.11 Å². The van der Waals surface area contributed by atoms with Crippen molar-refractivity contribution >= 4 is 5.57 Å². The molecule has 0 unspecified atom stereocenters. The van der Waals surface area contributed by atoms with Gasteiger partial charge in [0, 0.05) is 0 Å². The molecule has 1 aromatic rings. The van der Waals surface area contributed by atoms with Gasteiger partial charge in [0.2, 0.25) is 0 Å². The maximum atomic E-state index is 9.59. The zero-order valence-electron chi connectivity index (χ0n) is 11.0. The van der Waals surface area contributed by atoms with Crippen LogP contribution < -0.4 is 0 Å². The highest BCUT2D eigenvalue weighted by atomic mass is 16.3. The Bertz CT molecular complexity index is 394. The zero-order chi connectivity index (χ0) is 12.3. The normalized spacial score (nSPS) is 12.9. The van der Waals surface area contributed by atoms with Gasteiger partial charge in [-0.05, 0) is 47.6 Å². The van der Waals surface area contributed by atoms with Crippen molar-refractivity contribution in [3.8, 4) is 5.75 Å². The second-order valence-electron chi connectivity index (χ2n) is 5.28. The molecule has 0 saturated heterocycles. The molecule has 0 radical (unpaired) electrons. The summed E-state index contributed by atoms with van der Waals surface area (Å²) in [6.45, 7) is 10.8. The predicted molar refractivity (Wildman–Crippen MR) is 70.7 cm³/mol. The number of aromatic hydroxyl groups is 1. The number of phenolic OH excluding ortho intramolecular Hbond substituents is 1. The lowest BCUT2D eigenvalue weighted by Crippen LogP contribution is -2.13. The molecule has 16 heavy (non-hydrogen) atoms. The van der Waals surface area contributed by atoms with Gasteiger partial charge in [-0.15, -0.1) is 0 Å². The van der Waals surface area contributed by atoms with Crippen LogP contribution >= 0.6 is 0 Å². The van der Waals surface area contributed by atoms with Gasteiger partial charge in [-0.1, -0.05) is 39.8 Å². The number of benzene rings is 1. The van der Waals surface area contributed by atoms with E-state index in [1.54, 1.807) is 6.07 Å². The fraction of sp³-hybridized carbons (Fsp3) is 0.467. The topological polar surface area (TPSA) is 20.2 Å². The quantitative estimate of drug-likeness (QED) is 0.774. The minimum atomic E-state index is 0.0525. The van der Waals surface area contributed by atoms with E-state index in [4.69, 9.17) is 0 Å². The van der Waals surface area contributed by atoms with Crippen LogP contribution in [0.3, 0.4) is 0 Å². The highest BCUT2D eigenvalue weighted by molar-refractivity contribution is 5.68. The van der Waals surface area contributed by atoms with Crippen molar-refractivity contribution in [3.05, 3.63) is 35.4 Å². The molecule has 0 bridgehead atoms. The molecule has 1 heteroatoms. The molecule has 0 aliphatic heterocycles. The monoisotopic (exact) mass is 218 g/mol. The predicted octanol–water partition coefficient (Wildman–Crippen LogP) is 4.50. The molecule has 0 saturated carbocycles. The number of hydrogen-bond donors (Lipinski definition) is 1. The van der Waals surface area contributed by atoms with Crippen molar-refractivity contribution in [1.29, 1.82) is 0 Å². The summed E-state index contributed by atoms with van der Waals surface area (Å²) in [5.41, 5.74) is 3.78. The molecule has 0 amide bonds. The molecule has 1 nitrogen and oxygen atoms in total. The Balaban J connectivity index is 3.34. The largest absolute Gasteiger partial charge is 0.508 e. The SMILES string of the molecule is CCC=C(C)c1ccc(O)cc1C(C)(C)C. The van der Waals surface area contributed by atoms with Crippen LogP contribution in [-0.2, 0) is 5.41 Å². The first kappa shape index (κ1) is 12.8. The summed E-state index contributed by atoms with van der Waals surface area (Å²) in [5, 5.41) is 9.59. The molecule has 0 heterocycles. The summed E-state index contributed by atoms with van der Waals surface area (Å²) >= 11 is 0. The highest BCUT2D eigenvalue weighted by Gasteiger charge is 2.18. The summed E-state index contributed by atoms with van der Waals surface area (Å²) in [5.74, 6) is 0.345. The van der Waals surface area contributed by atoms with E-state index in [0.717, 1.165) is 6.42 Å². The van der Waals surface area contributed by atoms with Gasteiger partial charge in [-0.2, -0.15) is 0 Å².